The van der Waals surface area contributed by atoms with Gasteiger partial charge in [0, 0.05) is 30.2 Å². The molecule has 170 valence electrons. The minimum atomic E-state index is 0.0864. The summed E-state index contributed by atoms with van der Waals surface area (Å²) in [6, 6.07) is 0.557. The Hall–Kier alpha value is -0.670. The summed E-state index contributed by atoms with van der Waals surface area (Å²) < 4.78 is 7.22. The zero-order valence-electron chi connectivity index (χ0n) is 20.0. The van der Waals surface area contributed by atoms with Gasteiger partial charge in [-0.25, -0.2) is 0 Å². The molecule has 3 heteroatoms. The van der Waals surface area contributed by atoms with Crippen LogP contribution in [0.5, 0.6) is 0 Å². The predicted octanol–water partition coefficient (Wildman–Crippen LogP) is 5.29. The first kappa shape index (κ1) is 19.8. The van der Waals surface area contributed by atoms with Crippen molar-refractivity contribution in [2.75, 3.05) is 6.54 Å². The van der Waals surface area contributed by atoms with E-state index in [-0.39, 0.29) is 11.0 Å². The van der Waals surface area contributed by atoms with Crippen molar-refractivity contribution in [2.24, 2.45) is 45.8 Å². The first-order chi connectivity index (χ1) is 14.7. The van der Waals surface area contributed by atoms with Gasteiger partial charge in [0.25, 0.3) is 0 Å². The van der Waals surface area contributed by atoms with E-state index in [1.165, 1.54) is 44.1 Å². The number of hydrogen-bond donors (Lipinski definition) is 1. The molecule has 7 rings (SSSR count). The third kappa shape index (κ3) is 2.13. The van der Waals surface area contributed by atoms with E-state index in [1.54, 1.807) is 0 Å². The number of nitrogens with one attached hydrogen (secondary N) is 1. The number of ether oxygens (including phenoxy) is 1. The molecule has 4 saturated carbocycles. The topological polar surface area (TPSA) is 38.3 Å². The number of carbonyl (C=O) groups excluding carboxylic acids is 1. The number of rotatable bonds is 0. The van der Waals surface area contributed by atoms with Crippen LogP contribution in [0.2, 0.25) is 0 Å². The van der Waals surface area contributed by atoms with E-state index in [2.05, 4.69) is 39.1 Å². The molecule has 0 aromatic heterocycles. The van der Waals surface area contributed by atoms with Crippen LogP contribution in [0.3, 0.4) is 0 Å². The molecule has 31 heavy (non-hydrogen) atoms. The summed E-state index contributed by atoms with van der Waals surface area (Å²) in [7, 11) is 0. The highest BCUT2D eigenvalue weighted by Gasteiger charge is 2.84. The number of allylic oxidation sites excluding steroid dienone is 2. The first-order valence-corrected chi connectivity index (χ1v) is 13.4. The van der Waals surface area contributed by atoms with Crippen molar-refractivity contribution in [3.63, 3.8) is 0 Å². The number of fused-ring (bicyclic) bond motifs is 6. The fourth-order valence-corrected chi connectivity index (χ4v) is 10.9. The lowest BCUT2D eigenvalue weighted by Gasteiger charge is -2.49. The van der Waals surface area contributed by atoms with Gasteiger partial charge in [-0.2, -0.15) is 0 Å². The first-order valence-electron chi connectivity index (χ1n) is 13.4. The highest BCUT2D eigenvalue weighted by atomic mass is 16.5. The van der Waals surface area contributed by atoms with Gasteiger partial charge in [0.2, 0.25) is 0 Å². The van der Waals surface area contributed by atoms with Crippen molar-refractivity contribution in [3.05, 3.63) is 11.6 Å². The zero-order chi connectivity index (χ0) is 21.4. The molecular weight excluding hydrogens is 382 g/mol. The number of piperidine rings is 1. The molecule has 0 amide bonds. The molecule has 3 nitrogen and oxygen atoms in total. The van der Waals surface area contributed by atoms with Crippen molar-refractivity contribution in [2.45, 2.75) is 103 Å². The van der Waals surface area contributed by atoms with Crippen LogP contribution >= 0.6 is 0 Å². The number of hydrogen-bond acceptors (Lipinski definition) is 3. The van der Waals surface area contributed by atoms with Crippen LogP contribution in [0, 0.1) is 45.8 Å². The lowest BCUT2D eigenvalue weighted by Crippen LogP contribution is -2.53. The monoisotopic (exact) mass is 423 g/mol. The quantitative estimate of drug-likeness (QED) is 0.538. The van der Waals surface area contributed by atoms with E-state index >= 15 is 0 Å². The van der Waals surface area contributed by atoms with Crippen LogP contribution in [0.15, 0.2) is 11.6 Å². The van der Waals surface area contributed by atoms with Crippen molar-refractivity contribution in [3.8, 4) is 0 Å². The predicted molar refractivity (Wildman–Crippen MR) is 121 cm³/mol. The fraction of sp³-hybridized carbons (Fsp3) is 0.893. The van der Waals surface area contributed by atoms with Gasteiger partial charge in [0.05, 0.1) is 11.7 Å². The van der Waals surface area contributed by atoms with Crippen molar-refractivity contribution in [1.29, 1.82) is 0 Å². The maximum absolute atomic E-state index is 12.2. The largest absolute Gasteiger partial charge is 0.369 e. The molecule has 0 aromatic carbocycles. The lowest BCUT2D eigenvalue weighted by atomic mass is 9.56. The Morgan fingerprint density at radius 1 is 1.16 bits per heavy atom. The molecule has 0 radical (unpaired) electrons. The van der Waals surface area contributed by atoms with Gasteiger partial charge in [-0.05, 0) is 86.0 Å². The van der Waals surface area contributed by atoms with Gasteiger partial charge in [0.1, 0.15) is 5.78 Å². The molecule has 2 unspecified atom stereocenters. The molecule has 2 aliphatic heterocycles. The van der Waals surface area contributed by atoms with E-state index in [4.69, 9.17) is 4.74 Å². The Morgan fingerprint density at radius 2 is 2.00 bits per heavy atom. The third-order valence-electron chi connectivity index (χ3n) is 12.6. The minimum absolute atomic E-state index is 0.0864. The summed E-state index contributed by atoms with van der Waals surface area (Å²) in [5, 5.41) is 3.90. The number of Topliss-reactive ketones (excluding diaryl/α,β-unsaturated/α-hetero) is 1. The highest BCUT2D eigenvalue weighted by Crippen LogP contribution is 2.87. The molecule has 6 fully saturated rings. The summed E-state index contributed by atoms with van der Waals surface area (Å²) >= 11 is 0. The van der Waals surface area contributed by atoms with Gasteiger partial charge < -0.3 is 10.1 Å². The Morgan fingerprint density at radius 3 is 2.84 bits per heavy atom. The Kier molecular flexibility index (Phi) is 3.74. The summed E-state index contributed by atoms with van der Waals surface area (Å²) in [4.78, 5) is 12.2. The van der Waals surface area contributed by atoms with Crippen LogP contribution in [0.25, 0.3) is 0 Å². The molecule has 1 N–H and O–H groups in total. The molecule has 0 aromatic rings. The molecule has 11 atom stereocenters. The lowest BCUT2D eigenvalue weighted by molar-refractivity contribution is -0.146. The number of ketones is 1. The summed E-state index contributed by atoms with van der Waals surface area (Å²) in [6.07, 6.45) is 13.5. The maximum atomic E-state index is 12.2. The second-order valence-corrected chi connectivity index (χ2v) is 13.5. The molecular formula is C28H41NO2. The van der Waals surface area contributed by atoms with E-state index in [1.807, 2.05) is 0 Å². The average Bonchev–Trinajstić information content (AvgIpc) is 3.08. The summed E-state index contributed by atoms with van der Waals surface area (Å²) in [5.74, 6) is 4.34. The average molecular weight is 424 g/mol. The van der Waals surface area contributed by atoms with Gasteiger partial charge in [-0.3, -0.25) is 4.79 Å². The van der Waals surface area contributed by atoms with Crippen LogP contribution in [0.4, 0.5) is 0 Å². The van der Waals surface area contributed by atoms with Crippen molar-refractivity contribution >= 4 is 5.78 Å². The minimum Gasteiger partial charge on any atom is -0.369 e. The molecule has 0 bridgehead atoms. The second kappa shape index (κ2) is 5.87. The number of carbonyl (C=O) groups is 1. The van der Waals surface area contributed by atoms with E-state index < -0.39 is 0 Å². The zero-order valence-corrected chi connectivity index (χ0v) is 20.0. The van der Waals surface area contributed by atoms with Crippen LogP contribution in [0.1, 0.15) is 85.5 Å². The Labute approximate surface area is 188 Å². The third-order valence-corrected chi connectivity index (χ3v) is 12.6. The standard InChI is InChI=1S/C28H41NO2/c1-16-11-23-24(29-14-16)17(2)28(31-23)10-8-21-20-6-5-18-12-19(30)7-9-25(18,3)22(20)13-27(21)15-26(27,28)4/h5,16-17,20-24,29H,6-15H2,1-4H3/t16-,17+,20-,21-,22-,23+,24-,25-,26?,27?,28+/m0/s1. The Bertz CT molecular complexity index is 880. The molecule has 7 aliphatic rings. The van der Waals surface area contributed by atoms with Crippen molar-refractivity contribution < 1.29 is 9.53 Å². The van der Waals surface area contributed by atoms with Crippen molar-refractivity contribution in [1.82, 2.24) is 5.32 Å². The highest BCUT2D eigenvalue weighted by molar-refractivity contribution is 5.82. The van der Waals surface area contributed by atoms with E-state index in [9.17, 15) is 4.79 Å². The Balaban J connectivity index is 1.23. The van der Waals surface area contributed by atoms with E-state index in [0.29, 0.717) is 34.7 Å². The van der Waals surface area contributed by atoms with E-state index in [0.717, 1.165) is 49.5 Å². The SMILES string of the molecule is C[C@@H]1CN[C@H]2[C@@H](C)[C@@]3(CC[C@H]4[C@@H]5CC=C6CC(=O)CC[C@]6(C)[C@H]5CC45CC53C)O[C@@H]2C1. The van der Waals surface area contributed by atoms with Gasteiger partial charge in [0.15, 0.2) is 0 Å². The van der Waals surface area contributed by atoms with Gasteiger partial charge in [-0.15, -0.1) is 0 Å². The molecule has 2 saturated heterocycles. The van der Waals surface area contributed by atoms with Gasteiger partial charge in [-0.1, -0.05) is 39.3 Å². The van der Waals surface area contributed by atoms with Crippen LogP contribution in [-0.2, 0) is 9.53 Å². The van der Waals surface area contributed by atoms with Crippen LogP contribution in [-0.4, -0.2) is 30.1 Å². The normalized spacial score (nSPS) is 61.7. The summed E-state index contributed by atoms with van der Waals surface area (Å²) in [6.45, 7) is 11.2. The molecule has 2 heterocycles. The second-order valence-electron chi connectivity index (χ2n) is 13.5. The summed E-state index contributed by atoms with van der Waals surface area (Å²) in [5.41, 5.74) is 2.73. The fourth-order valence-electron chi connectivity index (χ4n) is 10.9. The van der Waals surface area contributed by atoms with Gasteiger partial charge >= 0.3 is 0 Å². The maximum Gasteiger partial charge on any atom is 0.136 e. The smallest absolute Gasteiger partial charge is 0.136 e. The molecule has 2 spiro atoms. The van der Waals surface area contributed by atoms with Crippen LogP contribution < -0.4 is 5.32 Å². The molecule has 5 aliphatic carbocycles.